The molecule has 0 aliphatic carbocycles. The minimum Gasteiger partial charge on any atom is -0.456 e. The molecule has 1 amide bonds. The molecule has 0 aromatic carbocycles. The molecule has 106 valence electrons. The Morgan fingerprint density at radius 2 is 2.05 bits per heavy atom. The van der Waals surface area contributed by atoms with Crippen molar-refractivity contribution in [1.29, 1.82) is 0 Å². The standard InChI is InChI=1S/C14H22N2O3/c1-3-12-4-5-13(19-12)14(18)16-8-6-15(7-9-16)10-11(2)17/h4-5,11,17H,3,6-10H2,1-2H3/t11-/m0/s1. The predicted octanol–water partition coefficient (Wildman–Crippen LogP) is 0.981. The number of aliphatic hydroxyl groups excluding tert-OH is 1. The zero-order valence-corrected chi connectivity index (χ0v) is 11.6. The van der Waals surface area contributed by atoms with Crippen LogP contribution in [0.2, 0.25) is 0 Å². The van der Waals surface area contributed by atoms with E-state index in [0.717, 1.165) is 25.3 Å². The van der Waals surface area contributed by atoms with Crippen molar-refractivity contribution in [3.05, 3.63) is 23.7 Å². The molecule has 19 heavy (non-hydrogen) atoms. The van der Waals surface area contributed by atoms with Crippen LogP contribution in [0.1, 0.15) is 30.2 Å². The highest BCUT2D eigenvalue weighted by molar-refractivity contribution is 5.91. The summed E-state index contributed by atoms with van der Waals surface area (Å²) in [5.41, 5.74) is 0. The lowest BCUT2D eigenvalue weighted by atomic mass is 10.2. The van der Waals surface area contributed by atoms with Crippen molar-refractivity contribution in [2.24, 2.45) is 0 Å². The summed E-state index contributed by atoms with van der Waals surface area (Å²) in [6, 6.07) is 3.61. The Bertz CT molecular complexity index is 420. The van der Waals surface area contributed by atoms with E-state index in [9.17, 15) is 9.90 Å². The summed E-state index contributed by atoms with van der Waals surface area (Å²) in [5.74, 6) is 1.24. The average Bonchev–Trinajstić information content (AvgIpc) is 2.87. The lowest BCUT2D eigenvalue weighted by Crippen LogP contribution is -2.50. The molecular formula is C14H22N2O3. The van der Waals surface area contributed by atoms with Gasteiger partial charge in [0.1, 0.15) is 5.76 Å². The highest BCUT2D eigenvalue weighted by Gasteiger charge is 2.24. The zero-order valence-electron chi connectivity index (χ0n) is 11.6. The number of carbonyl (C=O) groups excluding carboxylic acids is 1. The molecule has 1 aromatic rings. The number of amides is 1. The van der Waals surface area contributed by atoms with Gasteiger partial charge in [0.05, 0.1) is 6.10 Å². The van der Waals surface area contributed by atoms with Crippen molar-refractivity contribution in [3.63, 3.8) is 0 Å². The van der Waals surface area contributed by atoms with Crippen molar-refractivity contribution in [3.8, 4) is 0 Å². The minimum atomic E-state index is -0.320. The molecule has 0 bridgehead atoms. The largest absolute Gasteiger partial charge is 0.456 e. The third-order valence-electron chi connectivity index (χ3n) is 3.40. The number of hydrogen-bond donors (Lipinski definition) is 1. The summed E-state index contributed by atoms with van der Waals surface area (Å²) in [7, 11) is 0. The molecule has 0 unspecified atom stereocenters. The molecule has 5 heteroatoms. The van der Waals surface area contributed by atoms with E-state index < -0.39 is 0 Å². The molecule has 2 rings (SSSR count). The van der Waals surface area contributed by atoms with Crippen LogP contribution < -0.4 is 0 Å². The van der Waals surface area contributed by atoms with Gasteiger partial charge in [-0.3, -0.25) is 9.69 Å². The molecule has 1 aliphatic heterocycles. The Balaban J connectivity index is 1.88. The molecule has 0 saturated carbocycles. The fourth-order valence-electron chi connectivity index (χ4n) is 2.35. The average molecular weight is 266 g/mol. The summed E-state index contributed by atoms with van der Waals surface area (Å²) < 4.78 is 5.49. The number of nitrogens with zero attached hydrogens (tertiary/aromatic N) is 2. The number of furan rings is 1. The van der Waals surface area contributed by atoms with Crippen LogP contribution in [-0.2, 0) is 6.42 Å². The summed E-state index contributed by atoms with van der Waals surface area (Å²) in [6.45, 7) is 7.44. The van der Waals surface area contributed by atoms with E-state index in [-0.39, 0.29) is 12.0 Å². The maximum absolute atomic E-state index is 12.2. The van der Waals surface area contributed by atoms with E-state index in [1.807, 2.05) is 17.9 Å². The second kappa shape index (κ2) is 6.21. The highest BCUT2D eigenvalue weighted by Crippen LogP contribution is 2.13. The van der Waals surface area contributed by atoms with Crippen LogP contribution in [0.4, 0.5) is 0 Å². The van der Waals surface area contributed by atoms with Gasteiger partial charge in [0.2, 0.25) is 0 Å². The molecule has 1 saturated heterocycles. The van der Waals surface area contributed by atoms with Gasteiger partial charge in [-0.2, -0.15) is 0 Å². The molecule has 1 aliphatic rings. The fraction of sp³-hybridized carbons (Fsp3) is 0.643. The van der Waals surface area contributed by atoms with Gasteiger partial charge in [-0.15, -0.1) is 0 Å². The summed E-state index contributed by atoms with van der Waals surface area (Å²) >= 11 is 0. The van der Waals surface area contributed by atoms with Gasteiger partial charge >= 0.3 is 0 Å². The number of aryl methyl sites for hydroxylation is 1. The van der Waals surface area contributed by atoms with E-state index >= 15 is 0 Å². The Morgan fingerprint density at radius 3 is 2.58 bits per heavy atom. The van der Waals surface area contributed by atoms with Crippen molar-refractivity contribution in [2.45, 2.75) is 26.4 Å². The van der Waals surface area contributed by atoms with Gasteiger partial charge in [-0.25, -0.2) is 0 Å². The molecule has 0 radical (unpaired) electrons. The molecular weight excluding hydrogens is 244 g/mol. The zero-order chi connectivity index (χ0) is 13.8. The molecule has 2 heterocycles. The first-order valence-electron chi connectivity index (χ1n) is 6.88. The number of piperazine rings is 1. The lowest BCUT2D eigenvalue weighted by molar-refractivity contribution is 0.0527. The fourth-order valence-corrected chi connectivity index (χ4v) is 2.35. The first-order valence-corrected chi connectivity index (χ1v) is 6.88. The van der Waals surface area contributed by atoms with E-state index in [2.05, 4.69) is 4.90 Å². The third-order valence-corrected chi connectivity index (χ3v) is 3.40. The lowest BCUT2D eigenvalue weighted by Gasteiger charge is -2.34. The highest BCUT2D eigenvalue weighted by atomic mass is 16.4. The summed E-state index contributed by atoms with van der Waals surface area (Å²) in [6.07, 6.45) is 0.481. The maximum Gasteiger partial charge on any atom is 0.289 e. The quantitative estimate of drug-likeness (QED) is 0.882. The van der Waals surface area contributed by atoms with Crippen molar-refractivity contribution in [2.75, 3.05) is 32.7 Å². The van der Waals surface area contributed by atoms with Crippen LogP contribution in [0.5, 0.6) is 0 Å². The number of carbonyl (C=O) groups is 1. The van der Waals surface area contributed by atoms with Crippen LogP contribution in [-0.4, -0.2) is 59.6 Å². The van der Waals surface area contributed by atoms with Gasteiger partial charge < -0.3 is 14.4 Å². The number of β-amino-alcohol motifs (C(OH)–C–C–N with tert-alkyl or cyclic N) is 1. The van der Waals surface area contributed by atoms with Crippen LogP contribution in [0, 0.1) is 0 Å². The SMILES string of the molecule is CCc1ccc(C(=O)N2CCN(C[C@H](C)O)CC2)o1. The summed E-state index contributed by atoms with van der Waals surface area (Å²) in [5, 5.41) is 9.35. The predicted molar refractivity (Wildman–Crippen MR) is 72.1 cm³/mol. The smallest absolute Gasteiger partial charge is 0.289 e. The minimum absolute atomic E-state index is 0.0311. The van der Waals surface area contributed by atoms with Crippen LogP contribution in [0.25, 0.3) is 0 Å². The van der Waals surface area contributed by atoms with Crippen LogP contribution >= 0.6 is 0 Å². The monoisotopic (exact) mass is 266 g/mol. The number of rotatable bonds is 4. The van der Waals surface area contributed by atoms with E-state index in [0.29, 0.717) is 25.4 Å². The number of aliphatic hydroxyl groups is 1. The van der Waals surface area contributed by atoms with Gasteiger partial charge in [0.25, 0.3) is 5.91 Å². The van der Waals surface area contributed by atoms with E-state index in [1.165, 1.54) is 0 Å². The van der Waals surface area contributed by atoms with Gasteiger partial charge in [0.15, 0.2) is 5.76 Å². The maximum atomic E-state index is 12.2. The van der Waals surface area contributed by atoms with Crippen LogP contribution in [0.15, 0.2) is 16.5 Å². The Kier molecular flexibility index (Phi) is 4.61. The van der Waals surface area contributed by atoms with Crippen molar-refractivity contribution >= 4 is 5.91 Å². The van der Waals surface area contributed by atoms with E-state index in [4.69, 9.17) is 4.42 Å². The van der Waals surface area contributed by atoms with E-state index in [1.54, 1.807) is 13.0 Å². The molecule has 1 N–H and O–H groups in total. The normalized spacial score (nSPS) is 18.6. The Morgan fingerprint density at radius 1 is 1.37 bits per heavy atom. The van der Waals surface area contributed by atoms with Gasteiger partial charge in [-0.1, -0.05) is 6.92 Å². The molecule has 5 nitrogen and oxygen atoms in total. The topological polar surface area (TPSA) is 56.9 Å². The first-order chi connectivity index (χ1) is 9.10. The second-order valence-electron chi connectivity index (χ2n) is 5.06. The molecule has 1 fully saturated rings. The third kappa shape index (κ3) is 3.58. The molecule has 1 atom stereocenters. The van der Waals surface area contributed by atoms with Crippen LogP contribution in [0.3, 0.4) is 0 Å². The van der Waals surface area contributed by atoms with Crippen molar-refractivity contribution < 1.29 is 14.3 Å². The Hall–Kier alpha value is -1.33. The summed E-state index contributed by atoms with van der Waals surface area (Å²) in [4.78, 5) is 16.2. The van der Waals surface area contributed by atoms with Crippen molar-refractivity contribution in [1.82, 2.24) is 9.80 Å². The molecule has 0 spiro atoms. The molecule has 1 aromatic heterocycles. The van der Waals surface area contributed by atoms with Gasteiger partial charge in [-0.05, 0) is 19.1 Å². The number of hydrogen-bond acceptors (Lipinski definition) is 4. The first kappa shape index (κ1) is 14.1. The second-order valence-corrected chi connectivity index (χ2v) is 5.06. The van der Waals surface area contributed by atoms with Gasteiger partial charge in [0, 0.05) is 39.1 Å². The Labute approximate surface area is 113 Å².